The fourth-order valence-electron chi connectivity index (χ4n) is 4.10. The molecule has 29 heavy (non-hydrogen) atoms. The minimum atomic E-state index is -0.372. The number of rotatable bonds is 2. The Labute approximate surface area is 168 Å². The van der Waals surface area contributed by atoms with Crippen molar-refractivity contribution in [3.63, 3.8) is 0 Å². The molecule has 0 bridgehead atoms. The van der Waals surface area contributed by atoms with E-state index < -0.39 is 0 Å². The predicted octanol–water partition coefficient (Wildman–Crippen LogP) is 5.54. The number of nitriles is 1. The van der Waals surface area contributed by atoms with Gasteiger partial charge in [-0.2, -0.15) is 5.26 Å². The summed E-state index contributed by atoms with van der Waals surface area (Å²) in [5.41, 5.74) is 10.0. The normalized spacial score (nSPS) is 22.9. The summed E-state index contributed by atoms with van der Waals surface area (Å²) in [7, 11) is 0. The standard InChI is InChI=1S/C24H20F2N2O/c1-14-10-17(12-15-2-6-18(25)7-3-15)23-20(11-14)22(21(13-27)24(28)29-23)16-4-8-19(26)9-5-16/h2-9,12,14,22H,10-11,28H2,1H3/b17-12+. The number of benzene rings is 2. The fourth-order valence-corrected chi connectivity index (χ4v) is 4.10. The van der Waals surface area contributed by atoms with Crippen molar-refractivity contribution >= 4 is 6.08 Å². The molecule has 1 aliphatic heterocycles. The molecule has 0 radical (unpaired) electrons. The van der Waals surface area contributed by atoms with E-state index in [0.29, 0.717) is 17.3 Å². The number of ether oxygens (including phenoxy) is 1. The van der Waals surface area contributed by atoms with Crippen molar-refractivity contribution in [3.8, 4) is 6.07 Å². The number of nitrogens with zero attached hydrogens (tertiary/aromatic N) is 1. The number of allylic oxidation sites excluding steroid dienone is 3. The maximum absolute atomic E-state index is 13.5. The Kier molecular flexibility index (Phi) is 4.94. The van der Waals surface area contributed by atoms with E-state index in [-0.39, 0.29) is 23.4 Å². The summed E-state index contributed by atoms with van der Waals surface area (Å²) >= 11 is 0. The lowest BCUT2D eigenvalue weighted by Gasteiger charge is -2.35. The largest absolute Gasteiger partial charge is 0.440 e. The second-order valence-electron chi connectivity index (χ2n) is 7.57. The predicted molar refractivity (Wildman–Crippen MR) is 107 cm³/mol. The van der Waals surface area contributed by atoms with Gasteiger partial charge in [-0.25, -0.2) is 8.78 Å². The summed E-state index contributed by atoms with van der Waals surface area (Å²) in [5.74, 6) is 0.0629. The van der Waals surface area contributed by atoms with Gasteiger partial charge in [-0.15, -0.1) is 0 Å². The van der Waals surface area contributed by atoms with Crippen LogP contribution in [0.15, 0.2) is 76.9 Å². The van der Waals surface area contributed by atoms with Gasteiger partial charge >= 0.3 is 0 Å². The summed E-state index contributed by atoms with van der Waals surface area (Å²) in [4.78, 5) is 0. The van der Waals surface area contributed by atoms with Crippen LogP contribution in [0.2, 0.25) is 0 Å². The molecule has 2 aromatic carbocycles. The first-order chi connectivity index (χ1) is 14.0. The molecule has 4 rings (SSSR count). The van der Waals surface area contributed by atoms with Crippen LogP contribution in [0.25, 0.3) is 6.08 Å². The molecule has 3 nitrogen and oxygen atoms in total. The highest BCUT2D eigenvalue weighted by atomic mass is 19.1. The number of halogens is 2. The third-order valence-electron chi connectivity index (χ3n) is 5.37. The summed E-state index contributed by atoms with van der Waals surface area (Å²) in [6, 6.07) is 14.6. The zero-order valence-electron chi connectivity index (χ0n) is 16.0. The summed E-state index contributed by atoms with van der Waals surface area (Å²) in [6.07, 6.45) is 3.49. The minimum Gasteiger partial charge on any atom is -0.440 e. The maximum atomic E-state index is 13.5. The highest BCUT2D eigenvalue weighted by molar-refractivity contribution is 5.62. The molecule has 2 atom stereocenters. The third kappa shape index (κ3) is 3.66. The fraction of sp³-hybridized carbons (Fsp3) is 0.208. The van der Waals surface area contributed by atoms with Gasteiger partial charge in [0.05, 0.1) is 0 Å². The van der Waals surface area contributed by atoms with Crippen molar-refractivity contribution in [2.45, 2.75) is 25.7 Å². The molecule has 0 fully saturated rings. The Hall–Kier alpha value is -3.39. The number of hydrogen-bond donors (Lipinski definition) is 1. The molecule has 0 saturated carbocycles. The van der Waals surface area contributed by atoms with Crippen molar-refractivity contribution in [1.29, 1.82) is 5.26 Å². The smallest absolute Gasteiger partial charge is 0.205 e. The topological polar surface area (TPSA) is 59.0 Å². The van der Waals surface area contributed by atoms with Crippen molar-refractivity contribution < 1.29 is 13.5 Å². The lowest BCUT2D eigenvalue weighted by atomic mass is 9.74. The molecule has 2 N–H and O–H groups in total. The Morgan fingerprint density at radius 1 is 1.03 bits per heavy atom. The Morgan fingerprint density at radius 3 is 2.28 bits per heavy atom. The molecular formula is C24H20F2N2O. The van der Waals surface area contributed by atoms with Crippen LogP contribution < -0.4 is 5.73 Å². The summed E-state index contributed by atoms with van der Waals surface area (Å²) < 4.78 is 32.6. The number of nitrogens with two attached hydrogens (primary N) is 1. The zero-order chi connectivity index (χ0) is 20.5. The molecule has 2 unspecified atom stereocenters. The highest BCUT2D eigenvalue weighted by Gasteiger charge is 2.37. The average molecular weight is 390 g/mol. The van der Waals surface area contributed by atoms with Crippen LogP contribution in [0.3, 0.4) is 0 Å². The van der Waals surface area contributed by atoms with E-state index in [0.717, 1.165) is 35.1 Å². The highest BCUT2D eigenvalue weighted by Crippen LogP contribution is 2.48. The van der Waals surface area contributed by atoms with Gasteiger partial charge in [0, 0.05) is 5.92 Å². The monoisotopic (exact) mass is 390 g/mol. The molecular weight excluding hydrogens is 370 g/mol. The first-order valence-electron chi connectivity index (χ1n) is 9.49. The van der Waals surface area contributed by atoms with Gasteiger partial charge in [0.15, 0.2) is 0 Å². The van der Waals surface area contributed by atoms with E-state index >= 15 is 0 Å². The second-order valence-corrected chi connectivity index (χ2v) is 7.57. The van der Waals surface area contributed by atoms with Crippen molar-refractivity contribution in [2.75, 3.05) is 0 Å². The quantitative estimate of drug-likeness (QED) is 0.732. The van der Waals surface area contributed by atoms with Gasteiger partial charge < -0.3 is 10.5 Å². The van der Waals surface area contributed by atoms with Gasteiger partial charge in [0.1, 0.15) is 29.0 Å². The van der Waals surface area contributed by atoms with Gasteiger partial charge in [-0.1, -0.05) is 31.2 Å². The SMILES string of the molecule is CC1CC2=C(OC(N)=C(C#N)C2c2ccc(F)cc2)/C(=C/c2ccc(F)cc2)C1. The van der Waals surface area contributed by atoms with Crippen LogP contribution in [0, 0.1) is 28.9 Å². The molecule has 146 valence electrons. The van der Waals surface area contributed by atoms with Gasteiger partial charge in [0.25, 0.3) is 0 Å². The van der Waals surface area contributed by atoms with Crippen LogP contribution in [0.4, 0.5) is 8.78 Å². The van der Waals surface area contributed by atoms with Gasteiger partial charge in [-0.3, -0.25) is 0 Å². The van der Waals surface area contributed by atoms with Gasteiger partial charge in [0.2, 0.25) is 5.88 Å². The minimum absolute atomic E-state index is 0.0696. The van der Waals surface area contributed by atoms with Crippen LogP contribution in [-0.2, 0) is 4.74 Å². The summed E-state index contributed by atoms with van der Waals surface area (Å²) in [5, 5.41) is 9.72. The molecule has 0 spiro atoms. The van der Waals surface area contributed by atoms with E-state index in [1.807, 2.05) is 6.08 Å². The molecule has 2 aromatic rings. The molecule has 1 aliphatic carbocycles. The van der Waals surface area contributed by atoms with E-state index in [9.17, 15) is 14.0 Å². The first-order valence-corrected chi connectivity index (χ1v) is 9.49. The van der Waals surface area contributed by atoms with Crippen molar-refractivity contribution in [1.82, 2.24) is 0 Å². The first kappa shape index (κ1) is 18.9. The second kappa shape index (κ2) is 7.56. The van der Waals surface area contributed by atoms with E-state index in [1.54, 1.807) is 24.3 Å². The third-order valence-corrected chi connectivity index (χ3v) is 5.37. The Balaban J connectivity index is 1.85. The number of hydrogen-bond acceptors (Lipinski definition) is 3. The van der Waals surface area contributed by atoms with E-state index in [1.165, 1.54) is 24.3 Å². The molecule has 0 amide bonds. The zero-order valence-corrected chi connectivity index (χ0v) is 16.0. The van der Waals surface area contributed by atoms with Gasteiger partial charge in [-0.05, 0) is 71.4 Å². The lowest BCUT2D eigenvalue weighted by molar-refractivity contribution is 0.268. The van der Waals surface area contributed by atoms with E-state index in [2.05, 4.69) is 13.0 Å². The van der Waals surface area contributed by atoms with Crippen LogP contribution in [0.5, 0.6) is 0 Å². The Bertz CT molecular complexity index is 1070. The maximum Gasteiger partial charge on any atom is 0.205 e. The van der Waals surface area contributed by atoms with Crippen LogP contribution >= 0.6 is 0 Å². The lowest BCUT2D eigenvalue weighted by Crippen LogP contribution is -2.25. The van der Waals surface area contributed by atoms with Crippen molar-refractivity contribution in [3.05, 3.63) is 99.7 Å². The molecule has 1 heterocycles. The van der Waals surface area contributed by atoms with Crippen LogP contribution in [0.1, 0.15) is 36.8 Å². The van der Waals surface area contributed by atoms with Crippen molar-refractivity contribution in [2.24, 2.45) is 11.7 Å². The molecule has 2 aliphatic rings. The Morgan fingerprint density at radius 2 is 1.66 bits per heavy atom. The van der Waals surface area contributed by atoms with Crippen LogP contribution in [-0.4, -0.2) is 0 Å². The molecule has 0 aromatic heterocycles. The average Bonchev–Trinajstić information content (AvgIpc) is 2.70. The summed E-state index contributed by atoms with van der Waals surface area (Å²) in [6.45, 7) is 2.14. The molecule has 0 saturated heterocycles. The molecule has 5 heteroatoms. The van der Waals surface area contributed by atoms with E-state index in [4.69, 9.17) is 10.5 Å².